The zero-order valence-corrected chi connectivity index (χ0v) is 41.8. The molecule has 2 aromatic heterocycles. The summed E-state index contributed by atoms with van der Waals surface area (Å²) in [5.41, 5.74) is 30.2. The van der Waals surface area contributed by atoms with Crippen molar-refractivity contribution < 1.29 is 47.9 Å². The molecule has 4 rings (SSSR count). The Balaban J connectivity index is 1.66. The van der Waals surface area contributed by atoms with Crippen molar-refractivity contribution in [3.05, 3.63) is 72.1 Å². The Morgan fingerprint density at radius 1 is 0.595 bits per heavy atom. The molecule has 4 aromatic rings. The van der Waals surface area contributed by atoms with Gasteiger partial charge in [-0.1, -0.05) is 64.1 Å². The summed E-state index contributed by atoms with van der Waals surface area (Å²) < 4.78 is 0. The van der Waals surface area contributed by atoms with E-state index in [1.807, 2.05) is 6.07 Å². The molecule has 2 aromatic carbocycles. The Morgan fingerprint density at radius 3 is 1.58 bits per heavy atom. The monoisotopic (exact) mass is 1030 g/mol. The first kappa shape index (κ1) is 58.2. The second-order valence-corrected chi connectivity index (χ2v) is 18.5. The quantitative estimate of drug-likeness (QED) is 0.0111. The number of carbonyl (C=O) groups is 10. The van der Waals surface area contributed by atoms with E-state index in [4.69, 9.17) is 28.7 Å². The first-order valence-electron chi connectivity index (χ1n) is 24.1. The van der Waals surface area contributed by atoms with E-state index in [9.17, 15) is 47.9 Å². The molecule has 9 amide bonds. The van der Waals surface area contributed by atoms with E-state index >= 15 is 0 Å². The fraction of sp³-hybridized carbons (Fsp3) is 0.449. The molecule has 0 aliphatic heterocycles. The predicted molar refractivity (Wildman–Crippen MR) is 274 cm³/mol. The maximum atomic E-state index is 14.8. The fourth-order valence-corrected chi connectivity index (χ4v) is 7.85. The van der Waals surface area contributed by atoms with E-state index in [-0.39, 0.29) is 56.9 Å². The first-order valence-corrected chi connectivity index (χ1v) is 24.1. The van der Waals surface area contributed by atoms with Crippen LogP contribution >= 0.6 is 0 Å². The first-order chi connectivity index (χ1) is 35.1. The van der Waals surface area contributed by atoms with Gasteiger partial charge in [-0.3, -0.25) is 48.1 Å². The van der Waals surface area contributed by atoms with Gasteiger partial charge in [-0.05, 0) is 54.4 Å². The van der Waals surface area contributed by atoms with E-state index in [1.54, 1.807) is 82.6 Å². The third-order valence-electron chi connectivity index (χ3n) is 12.0. The lowest BCUT2D eigenvalue weighted by atomic mass is 10.0. The largest absolute Gasteiger partial charge is 0.370 e. The molecule has 0 radical (unpaired) electrons. The highest BCUT2D eigenvalue weighted by Gasteiger charge is 2.34. The van der Waals surface area contributed by atoms with Gasteiger partial charge in [-0.2, -0.15) is 0 Å². The van der Waals surface area contributed by atoms with Crippen LogP contribution in [0.15, 0.2) is 65.9 Å². The number of aliphatic imine (C=N–C) groups is 1. The Bertz CT molecular complexity index is 2680. The van der Waals surface area contributed by atoms with Crippen LogP contribution in [0.5, 0.6) is 0 Å². The number of hydrogen-bond acceptors (Lipinski definition) is 12. The zero-order chi connectivity index (χ0) is 54.6. The number of aldehydes is 1. The van der Waals surface area contributed by atoms with Crippen LogP contribution in [0.3, 0.4) is 0 Å². The number of aromatic amines is 2. The molecule has 25 nitrogen and oxygen atoms in total. The highest BCUT2D eigenvalue weighted by atomic mass is 16.2. The Morgan fingerprint density at radius 2 is 1.09 bits per heavy atom. The number of para-hydroxylation sites is 2. The number of rotatable bonds is 30. The lowest BCUT2D eigenvalue weighted by Crippen LogP contribution is -2.60. The number of H-pyrrole nitrogens is 2. The van der Waals surface area contributed by atoms with Crippen LogP contribution in [0.2, 0.25) is 0 Å². The normalized spacial score (nSPS) is 14.0. The third kappa shape index (κ3) is 17.7. The van der Waals surface area contributed by atoms with Gasteiger partial charge >= 0.3 is 0 Å². The minimum atomic E-state index is -1.50. The summed E-state index contributed by atoms with van der Waals surface area (Å²) >= 11 is 0. The van der Waals surface area contributed by atoms with Gasteiger partial charge in [0.15, 0.2) is 5.96 Å². The molecule has 0 fully saturated rings. The molecule has 0 saturated carbocycles. The number of amides is 9. The maximum absolute atomic E-state index is 14.8. The number of carbonyl (C=O) groups excluding carboxylic acids is 10. The van der Waals surface area contributed by atoms with Crippen molar-refractivity contribution in [3.63, 3.8) is 0 Å². The minimum absolute atomic E-state index is 0.0600. The molecule has 0 bridgehead atoms. The van der Waals surface area contributed by atoms with Crippen molar-refractivity contribution in [2.24, 2.45) is 45.5 Å². The minimum Gasteiger partial charge on any atom is -0.370 e. The van der Waals surface area contributed by atoms with Crippen LogP contribution in [0.1, 0.15) is 70.9 Å². The molecular formula is C49H69N15O10. The molecular weight excluding hydrogens is 959 g/mol. The van der Waals surface area contributed by atoms with E-state index < -0.39 is 114 Å². The number of guanidine groups is 1. The summed E-state index contributed by atoms with van der Waals surface area (Å²) in [5, 5.41) is 19.6. The summed E-state index contributed by atoms with van der Waals surface area (Å²) in [7, 11) is 0. The van der Waals surface area contributed by atoms with Crippen molar-refractivity contribution in [1.82, 2.24) is 47.2 Å². The second kappa shape index (κ2) is 28.0. The number of nitrogens with one attached hydrogen (secondary N) is 9. The van der Waals surface area contributed by atoms with Crippen molar-refractivity contribution in [2.45, 2.75) is 115 Å². The lowest BCUT2D eigenvalue weighted by Gasteiger charge is -2.27. The van der Waals surface area contributed by atoms with Crippen LogP contribution in [-0.4, -0.2) is 131 Å². The number of nitrogens with two attached hydrogens (primary N) is 5. The number of nitrogens with zero attached hydrogens (tertiary/aromatic N) is 1. The molecule has 0 spiro atoms. The van der Waals surface area contributed by atoms with Crippen LogP contribution in [0.4, 0.5) is 0 Å². The predicted octanol–water partition coefficient (Wildman–Crippen LogP) is -2.51. The summed E-state index contributed by atoms with van der Waals surface area (Å²) in [6.45, 7) is 6.23. The van der Waals surface area contributed by atoms with Crippen LogP contribution in [-0.2, 0) is 60.8 Å². The van der Waals surface area contributed by atoms with Crippen LogP contribution in [0, 0.1) is 11.8 Å². The number of fused-ring (bicyclic) bond motifs is 2. The molecule has 0 saturated heterocycles. The summed E-state index contributed by atoms with van der Waals surface area (Å²) in [6.07, 6.45) is 2.42. The van der Waals surface area contributed by atoms with Gasteiger partial charge < -0.3 is 80.6 Å². The van der Waals surface area contributed by atoms with Gasteiger partial charge in [0.2, 0.25) is 53.2 Å². The summed E-state index contributed by atoms with van der Waals surface area (Å²) in [5.74, 6) is -8.35. The number of aromatic nitrogens is 2. The highest BCUT2D eigenvalue weighted by Crippen LogP contribution is 2.22. The van der Waals surface area contributed by atoms with Crippen molar-refractivity contribution in [2.75, 3.05) is 13.1 Å². The Hall–Kier alpha value is -8.35. The van der Waals surface area contributed by atoms with Crippen molar-refractivity contribution in [1.29, 1.82) is 0 Å². The highest BCUT2D eigenvalue weighted by molar-refractivity contribution is 5.98. The zero-order valence-electron chi connectivity index (χ0n) is 41.8. The fourth-order valence-electron chi connectivity index (χ4n) is 7.85. The van der Waals surface area contributed by atoms with E-state index in [1.165, 1.54) is 0 Å². The maximum Gasteiger partial charge on any atom is 0.243 e. The molecule has 0 aliphatic rings. The summed E-state index contributed by atoms with van der Waals surface area (Å²) in [4.78, 5) is 142. The standard InChI is InChI=1S/C49H69N15O10/c1-25(2)38(24-65)63-48(74)42(26(3)4)64-41(68)23-58-44(70)35(15-16-39(51)66)60-46(72)36(18-27-21-56-32-12-7-5-10-29(27)32)62-47(73)37(19-28-22-57-33-13-8-6-11-30(28)33)61-45(71)34(14-9-17-55-49(53)54)59-43(69)31(50)20-40(52)67/h5-8,10-13,21-22,24-26,31,34-38,42,56-57H,9,14-20,23,50H2,1-4H3,(H2,51,66)(H2,52,67)(H,58,70)(H,59,69)(H,60,72)(H,61,71)(H,62,73)(H,63,74)(H,64,68)(H4,53,54,55). The number of primary amides is 2. The topological polar surface area (TPSA) is 429 Å². The molecule has 400 valence electrons. The van der Waals surface area contributed by atoms with E-state index in [2.05, 4.69) is 52.2 Å². The molecule has 19 N–H and O–H groups in total. The van der Waals surface area contributed by atoms with Gasteiger partial charge in [0.1, 0.15) is 36.5 Å². The molecule has 25 heteroatoms. The summed E-state index contributed by atoms with van der Waals surface area (Å²) in [6, 6.07) is 5.27. The lowest BCUT2D eigenvalue weighted by molar-refractivity contribution is -0.135. The van der Waals surface area contributed by atoms with Gasteiger partial charge in [0.05, 0.1) is 25.0 Å². The third-order valence-corrected chi connectivity index (χ3v) is 12.0. The SMILES string of the molecule is CC(C)C(C=O)NC(=O)C(NC(=O)CNC(=O)C(CCC(N)=O)NC(=O)C(Cc1c[nH]c2ccccc12)NC(=O)C(Cc1c[nH]c2ccccc12)NC(=O)C(CCCN=C(N)N)NC(=O)C(N)CC(N)=O)C(C)C. The van der Waals surface area contributed by atoms with Crippen molar-refractivity contribution >= 4 is 87.2 Å². The second-order valence-electron chi connectivity index (χ2n) is 18.5. The average Bonchev–Trinajstić information content (AvgIpc) is 3.96. The van der Waals surface area contributed by atoms with Gasteiger partial charge in [0, 0.05) is 60.0 Å². The van der Waals surface area contributed by atoms with E-state index in [0.717, 1.165) is 5.52 Å². The van der Waals surface area contributed by atoms with Gasteiger partial charge in [-0.25, -0.2) is 0 Å². The van der Waals surface area contributed by atoms with Crippen molar-refractivity contribution in [3.8, 4) is 0 Å². The Kier molecular flexibility index (Phi) is 22.1. The van der Waals surface area contributed by atoms with E-state index in [0.29, 0.717) is 33.7 Å². The molecule has 7 atom stereocenters. The molecule has 0 aliphatic carbocycles. The smallest absolute Gasteiger partial charge is 0.243 e. The number of benzene rings is 2. The molecule has 7 unspecified atom stereocenters. The average molecular weight is 1030 g/mol. The van der Waals surface area contributed by atoms with Gasteiger partial charge in [0.25, 0.3) is 0 Å². The Labute approximate surface area is 426 Å². The van der Waals surface area contributed by atoms with Crippen LogP contribution < -0.4 is 65.9 Å². The number of hydrogen-bond donors (Lipinski definition) is 14. The van der Waals surface area contributed by atoms with Crippen LogP contribution in [0.25, 0.3) is 21.8 Å². The van der Waals surface area contributed by atoms with Gasteiger partial charge in [-0.15, -0.1) is 0 Å². The molecule has 74 heavy (non-hydrogen) atoms. The molecule has 2 heterocycles.